The molecule has 0 N–H and O–H groups in total. The van der Waals surface area contributed by atoms with Gasteiger partial charge in [-0.25, -0.2) is 4.79 Å². The molecule has 0 fully saturated rings. The van der Waals surface area contributed by atoms with Crippen molar-refractivity contribution < 1.29 is 32.0 Å². The molecule has 0 unspecified atom stereocenters. The average Bonchev–Trinajstić information content (AvgIpc) is 2.82. The van der Waals surface area contributed by atoms with Crippen molar-refractivity contribution in [2.45, 2.75) is 26.6 Å². The van der Waals surface area contributed by atoms with E-state index in [0.29, 0.717) is 17.0 Å². The normalized spacial score (nSPS) is 11.4. The number of halogens is 3. The van der Waals surface area contributed by atoms with Crippen LogP contribution in [-0.2, 0) is 17.5 Å². The van der Waals surface area contributed by atoms with Crippen molar-refractivity contribution >= 4 is 5.97 Å². The van der Waals surface area contributed by atoms with E-state index in [-0.39, 0.29) is 17.9 Å². The molecule has 23 heavy (non-hydrogen) atoms. The number of benzene rings is 1. The molecule has 0 bridgehead atoms. The van der Waals surface area contributed by atoms with Crippen LogP contribution in [0.5, 0.6) is 5.75 Å². The SMILES string of the molecule is COC(=O)c1ccc(C(F)(F)F)cc1OCc1c(C)noc1C. The molecule has 0 aliphatic heterocycles. The zero-order chi connectivity index (χ0) is 17.2. The summed E-state index contributed by atoms with van der Waals surface area (Å²) in [6.45, 7) is 3.26. The van der Waals surface area contributed by atoms with Gasteiger partial charge in [0.1, 0.15) is 23.7 Å². The quantitative estimate of drug-likeness (QED) is 0.801. The van der Waals surface area contributed by atoms with E-state index in [9.17, 15) is 18.0 Å². The maximum Gasteiger partial charge on any atom is 0.416 e. The van der Waals surface area contributed by atoms with Crippen LogP contribution in [0, 0.1) is 13.8 Å². The number of carbonyl (C=O) groups excluding carboxylic acids is 1. The van der Waals surface area contributed by atoms with Gasteiger partial charge in [0.25, 0.3) is 0 Å². The molecule has 0 amide bonds. The Kier molecular flexibility index (Phi) is 4.63. The molecule has 0 radical (unpaired) electrons. The van der Waals surface area contributed by atoms with Gasteiger partial charge < -0.3 is 14.0 Å². The van der Waals surface area contributed by atoms with Gasteiger partial charge in [-0.05, 0) is 32.0 Å². The average molecular weight is 329 g/mol. The second-order valence-corrected chi connectivity index (χ2v) is 4.79. The van der Waals surface area contributed by atoms with Crippen molar-refractivity contribution in [3.05, 3.63) is 46.3 Å². The second-order valence-electron chi connectivity index (χ2n) is 4.79. The van der Waals surface area contributed by atoms with Gasteiger partial charge in [-0.3, -0.25) is 0 Å². The fraction of sp³-hybridized carbons (Fsp3) is 0.333. The standard InChI is InChI=1S/C15H14F3NO4/c1-8-12(9(2)23-19-8)7-22-13-6-10(15(16,17)18)4-5-11(13)14(20)21-3/h4-6H,7H2,1-3H3. The first-order chi connectivity index (χ1) is 10.7. The van der Waals surface area contributed by atoms with Gasteiger partial charge in [0.05, 0.1) is 23.9 Å². The number of rotatable bonds is 4. The maximum atomic E-state index is 12.8. The maximum absolute atomic E-state index is 12.8. The smallest absolute Gasteiger partial charge is 0.416 e. The molecule has 0 saturated heterocycles. The summed E-state index contributed by atoms with van der Waals surface area (Å²) in [4.78, 5) is 11.7. The molecular weight excluding hydrogens is 315 g/mol. The number of nitrogens with zero attached hydrogens (tertiary/aromatic N) is 1. The minimum absolute atomic E-state index is 0.0769. The number of methoxy groups -OCH3 is 1. The summed E-state index contributed by atoms with van der Waals surface area (Å²) in [5.41, 5.74) is 0.165. The monoisotopic (exact) mass is 329 g/mol. The van der Waals surface area contributed by atoms with E-state index in [0.717, 1.165) is 25.3 Å². The van der Waals surface area contributed by atoms with E-state index in [4.69, 9.17) is 9.26 Å². The molecule has 5 nitrogen and oxygen atoms in total. The van der Waals surface area contributed by atoms with Crippen LogP contribution in [0.15, 0.2) is 22.7 Å². The van der Waals surface area contributed by atoms with Crippen molar-refractivity contribution in [3.63, 3.8) is 0 Å². The Morgan fingerprint density at radius 3 is 2.52 bits per heavy atom. The van der Waals surface area contributed by atoms with Gasteiger partial charge in [0.15, 0.2) is 0 Å². The summed E-state index contributed by atoms with van der Waals surface area (Å²) in [7, 11) is 1.14. The van der Waals surface area contributed by atoms with Gasteiger partial charge in [0.2, 0.25) is 0 Å². The number of carbonyl (C=O) groups is 1. The third kappa shape index (κ3) is 3.64. The van der Waals surface area contributed by atoms with Crippen LogP contribution in [0.3, 0.4) is 0 Å². The molecule has 0 atom stereocenters. The van der Waals surface area contributed by atoms with Gasteiger partial charge in [-0.1, -0.05) is 5.16 Å². The summed E-state index contributed by atoms with van der Waals surface area (Å²) < 4.78 is 53.4. The Labute approximate surface area is 130 Å². The summed E-state index contributed by atoms with van der Waals surface area (Å²) in [5.74, 6) is -0.506. The Balaban J connectivity index is 2.35. The fourth-order valence-corrected chi connectivity index (χ4v) is 1.95. The summed E-state index contributed by atoms with van der Waals surface area (Å²) in [6.07, 6.45) is -4.55. The van der Waals surface area contributed by atoms with Crippen molar-refractivity contribution in [2.24, 2.45) is 0 Å². The Morgan fingerprint density at radius 1 is 1.30 bits per heavy atom. The first kappa shape index (κ1) is 16.9. The molecule has 0 saturated carbocycles. The molecular formula is C15H14F3NO4. The summed E-state index contributed by atoms with van der Waals surface area (Å²) in [5, 5.41) is 3.73. The van der Waals surface area contributed by atoms with Gasteiger partial charge in [-0.15, -0.1) is 0 Å². The highest BCUT2D eigenvalue weighted by Crippen LogP contribution is 2.33. The number of alkyl halides is 3. The molecule has 0 spiro atoms. The van der Waals surface area contributed by atoms with Crippen molar-refractivity contribution in [3.8, 4) is 5.75 Å². The minimum atomic E-state index is -4.55. The third-order valence-corrected chi connectivity index (χ3v) is 3.27. The van der Waals surface area contributed by atoms with Crippen LogP contribution >= 0.6 is 0 Å². The highest BCUT2D eigenvalue weighted by atomic mass is 19.4. The molecule has 1 aromatic carbocycles. The van der Waals surface area contributed by atoms with E-state index in [2.05, 4.69) is 9.89 Å². The molecule has 1 heterocycles. The van der Waals surface area contributed by atoms with Crippen LogP contribution in [-0.4, -0.2) is 18.2 Å². The van der Waals surface area contributed by atoms with Crippen LogP contribution < -0.4 is 4.74 Å². The Bertz CT molecular complexity index is 702. The first-order valence-electron chi connectivity index (χ1n) is 6.58. The van der Waals surface area contributed by atoms with E-state index >= 15 is 0 Å². The minimum Gasteiger partial charge on any atom is -0.488 e. The predicted molar refractivity (Wildman–Crippen MR) is 73.1 cm³/mol. The highest BCUT2D eigenvalue weighted by Gasteiger charge is 2.32. The largest absolute Gasteiger partial charge is 0.488 e. The number of ether oxygens (including phenoxy) is 2. The topological polar surface area (TPSA) is 61.6 Å². The lowest BCUT2D eigenvalue weighted by molar-refractivity contribution is -0.137. The van der Waals surface area contributed by atoms with Crippen molar-refractivity contribution in [1.29, 1.82) is 0 Å². The lowest BCUT2D eigenvalue weighted by Crippen LogP contribution is -2.10. The van der Waals surface area contributed by atoms with Crippen molar-refractivity contribution in [1.82, 2.24) is 5.16 Å². The lowest BCUT2D eigenvalue weighted by atomic mass is 10.1. The molecule has 8 heteroatoms. The third-order valence-electron chi connectivity index (χ3n) is 3.27. The molecule has 2 rings (SSSR count). The van der Waals surface area contributed by atoms with Crippen LogP contribution in [0.25, 0.3) is 0 Å². The van der Waals surface area contributed by atoms with Gasteiger partial charge in [0, 0.05) is 0 Å². The van der Waals surface area contributed by atoms with Gasteiger partial charge in [-0.2, -0.15) is 13.2 Å². The Hall–Kier alpha value is -2.51. The van der Waals surface area contributed by atoms with E-state index in [1.165, 1.54) is 0 Å². The highest BCUT2D eigenvalue weighted by molar-refractivity contribution is 5.92. The summed E-state index contributed by atoms with van der Waals surface area (Å²) >= 11 is 0. The number of hydrogen-bond donors (Lipinski definition) is 0. The molecule has 2 aromatic rings. The van der Waals surface area contributed by atoms with Crippen LogP contribution in [0.4, 0.5) is 13.2 Å². The fourth-order valence-electron chi connectivity index (χ4n) is 1.95. The van der Waals surface area contributed by atoms with E-state index < -0.39 is 17.7 Å². The van der Waals surface area contributed by atoms with Crippen molar-refractivity contribution in [2.75, 3.05) is 7.11 Å². The number of hydrogen-bond acceptors (Lipinski definition) is 5. The second kappa shape index (κ2) is 6.31. The predicted octanol–water partition coefficient (Wildman–Crippen LogP) is 3.68. The Morgan fingerprint density at radius 2 is 2.00 bits per heavy atom. The van der Waals surface area contributed by atoms with Crippen LogP contribution in [0.1, 0.15) is 32.9 Å². The zero-order valence-corrected chi connectivity index (χ0v) is 12.7. The molecule has 1 aromatic heterocycles. The molecule has 0 aliphatic carbocycles. The van der Waals surface area contributed by atoms with E-state index in [1.54, 1.807) is 13.8 Å². The van der Waals surface area contributed by atoms with E-state index in [1.807, 2.05) is 0 Å². The number of esters is 1. The number of aromatic nitrogens is 1. The summed E-state index contributed by atoms with van der Waals surface area (Å²) in [6, 6.07) is 2.59. The van der Waals surface area contributed by atoms with Gasteiger partial charge >= 0.3 is 12.1 Å². The lowest BCUT2D eigenvalue weighted by Gasteiger charge is -2.13. The first-order valence-corrected chi connectivity index (χ1v) is 6.58. The molecule has 124 valence electrons. The zero-order valence-electron chi connectivity index (χ0n) is 12.7. The molecule has 0 aliphatic rings. The number of aryl methyl sites for hydroxylation is 2. The van der Waals surface area contributed by atoms with Crippen LogP contribution in [0.2, 0.25) is 0 Å².